The van der Waals surface area contributed by atoms with Gasteiger partial charge < -0.3 is 5.32 Å². The van der Waals surface area contributed by atoms with Gasteiger partial charge in [-0.2, -0.15) is 0 Å². The maximum absolute atomic E-state index is 10.7. The first-order valence-electron chi connectivity index (χ1n) is 4.66. The Hall–Kier alpha value is -0.610. The normalized spacial score (nSPS) is 23.2. The van der Waals surface area contributed by atoms with Gasteiger partial charge in [-0.3, -0.25) is 9.63 Å². The molecule has 13 heavy (non-hydrogen) atoms. The van der Waals surface area contributed by atoms with E-state index in [1.165, 1.54) is 5.06 Å². The van der Waals surface area contributed by atoms with E-state index in [0.717, 1.165) is 25.9 Å². The summed E-state index contributed by atoms with van der Waals surface area (Å²) in [6.07, 6.45) is 1.73. The molecule has 0 aromatic heterocycles. The van der Waals surface area contributed by atoms with Gasteiger partial charge in [-0.1, -0.05) is 0 Å². The van der Waals surface area contributed by atoms with Crippen molar-refractivity contribution in [3.05, 3.63) is 0 Å². The third-order valence-electron chi connectivity index (χ3n) is 1.88. The monoisotopic (exact) mass is 186 g/mol. The third kappa shape index (κ3) is 3.32. The lowest BCUT2D eigenvalue weighted by Gasteiger charge is -2.30. The number of rotatable bonds is 3. The molecule has 0 aromatic carbocycles. The van der Waals surface area contributed by atoms with Crippen LogP contribution in [-0.4, -0.2) is 36.2 Å². The smallest absolute Gasteiger partial charge is 0.233 e. The summed E-state index contributed by atoms with van der Waals surface area (Å²) in [5, 5.41) is 4.62. The van der Waals surface area contributed by atoms with Gasteiger partial charge in [0.05, 0.1) is 11.6 Å². The average Bonchev–Trinajstić information content (AvgIpc) is 2.50. The van der Waals surface area contributed by atoms with E-state index < -0.39 is 0 Å². The molecule has 1 saturated heterocycles. The molecule has 1 N–H and O–H groups in total. The fourth-order valence-electron chi connectivity index (χ4n) is 1.35. The number of carbonyl (C=O) groups excluding carboxylic acids is 1. The van der Waals surface area contributed by atoms with Gasteiger partial charge in [-0.15, -0.1) is 0 Å². The molecule has 4 nitrogen and oxygen atoms in total. The maximum atomic E-state index is 10.7. The van der Waals surface area contributed by atoms with Crippen LogP contribution >= 0.6 is 0 Å². The van der Waals surface area contributed by atoms with E-state index in [9.17, 15) is 4.79 Å². The van der Waals surface area contributed by atoms with Crippen LogP contribution in [0.3, 0.4) is 0 Å². The Bertz CT molecular complexity index is 171. The molecule has 1 fully saturated rings. The average molecular weight is 186 g/mol. The molecule has 0 aliphatic carbocycles. The molecule has 0 spiro atoms. The molecule has 1 atom stereocenters. The zero-order chi connectivity index (χ0) is 9.90. The number of hydroxylamine groups is 2. The van der Waals surface area contributed by atoms with Crippen LogP contribution in [0.5, 0.6) is 0 Å². The van der Waals surface area contributed by atoms with Crippen LogP contribution in [0.15, 0.2) is 0 Å². The maximum Gasteiger partial charge on any atom is 0.233 e. The van der Waals surface area contributed by atoms with Crippen molar-refractivity contribution >= 4 is 6.41 Å². The largest absolute Gasteiger partial charge is 0.315 e. The van der Waals surface area contributed by atoms with E-state index in [0.29, 0.717) is 0 Å². The Morgan fingerprint density at radius 3 is 2.62 bits per heavy atom. The molecule has 1 aliphatic heterocycles. The van der Waals surface area contributed by atoms with Gasteiger partial charge in [0.25, 0.3) is 0 Å². The van der Waals surface area contributed by atoms with E-state index in [4.69, 9.17) is 4.84 Å². The number of hydrogen-bond acceptors (Lipinski definition) is 3. The van der Waals surface area contributed by atoms with Gasteiger partial charge >= 0.3 is 0 Å². The predicted molar refractivity (Wildman–Crippen MR) is 50.0 cm³/mol. The van der Waals surface area contributed by atoms with E-state index in [-0.39, 0.29) is 11.6 Å². The third-order valence-corrected chi connectivity index (χ3v) is 1.88. The summed E-state index contributed by atoms with van der Waals surface area (Å²) in [4.78, 5) is 16.2. The quantitative estimate of drug-likeness (QED) is 0.516. The zero-order valence-corrected chi connectivity index (χ0v) is 8.54. The molecule has 1 heterocycles. The second kappa shape index (κ2) is 4.07. The van der Waals surface area contributed by atoms with Crippen LogP contribution in [0.1, 0.15) is 27.2 Å². The summed E-state index contributed by atoms with van der Waals surface area (Å²) in [5.74, 6) is 0. The Labute approximate surface area is 79.2 Å². The zero-order valence-electron chi connectivity index (χ0n) is 8.54. The lowest BCUT2D eigenvalue weighted by Crippen LogP contribution is -2.41. The molecule has 0 bridgehead atoms. The molecule has 1 amide bonds. The fourth-order valence-corrected chi connectivity index (χ4v) is 1.35. The lowest BCUT2D eigenvalue weighted by molar-refractivity contribution is -0.229. The predicted octanol–water partition coefficient (Wildman–Crippen LogP) is 0.537. The molecule has 76 valence electrons. The summed E-state index contributed by atoms with van der Waals surface area (Å²) in [6.45, 7) is 7.60. The van der Waals surface area contributed by atoms with Gasteiger partial charge in [0.1, 0.15) is 0 Å². The van der Waals surface area contributed by atoms with Crippen molar-refractivity contribution in [1.82, 2.24) is 10.4 Å². The minimum atomic E-state index is -0.302. The molecular weight excluding hydrogens is 168 g/mol. The van der Waals surface area contributed by atoms with E-state index >= 15 is 0 Å². The SMILES string of the molecule is CC(C)(C)ON(C=O)C1CCNC1. The number of hydrogen-bond donors (Lipinski definition) is 1. The van der Waals surface area contributed by atoms with Gasteiger partial charge in [0, 0.05) is 6.54 Å². The Morgan fingerprint density at radius 1 is 1.54 bits per heavy atom. The topological polar surface area (TPSA) is 41.6 Å². The van der Waals surface area contributed by atoms with E-state index in [1.807, 2.05) is 20.8 Å². The van der Waals surface area contributed by atoms with E-state index in [1.54, 1.807) is 0 Å². The summed E-state index contributed by atoms with van der Waals surface area (Å²) < 4.78 is 0. The fraction of sp³-hybridized carbons (Fsp3) is 0.889. The molecule has 1 unspecified atom stereocenters. The van der Waals surface area contributed by atoms with Crippen LogP contribution in [0.2, 0.25) is 0 Å². The first-order chi connectivity index (χ1) is 6.03. The van der Waals surface area contributed by atoms with Crippen LogP contribution in [-0.2, 0) is 9.63 Å². The Kier molecular flexibility index (Phi) is 3.27. The standard InChI is InChI=1S/C9H18N2O2/c1-9(2,3)13-11(7-12)8-4-5-10-6-8/h7-8,10H,4-6H2,1-3H3. The van der Waals surface area contributed by atoms with Crippen molar-refractivity contribution in [2.45, 2.75) is 38.8 Å². The number of carbonyl (C=O) groups is 1. The van der Waals surface area contributed by atoms with Crippen LogP contribution in [0.4, 0.5) is 0 Å². The van der Waals surface area contributed by atoms with Gasteiger partial charge in [-0.25, -0.2) is 5.06 Å². The molecule has 0 aromatic rings. The minimum Gasteiger partial charge on any atom is -0.315 e. The molecule has 0 radical (unpaired) electrons. The minimum absolute atomic E-state index is 0.191. The highest BCUT2D eigenvalue weighted by molar-refractivity contribution is 5.46. The first kappa shape index (κ1) is 10.5. The molecule has 1 rings (SSSR count). The van der Waals surface area contributed by atoms with Gasteiger partial charge in [0.2, 0.25) is 6.41 Å². The molecule has 0 saturated carbocycles. The second-order valence-electron chi connectivity index (χ2n) is 4.32. The number of nitrogens with zero attached hydrogens (tertiary/aromatic N) is 1. The Balaban J connectivity index is 2.46. The van der Waals surface area contributed by atoms with Crippen molar-refractivity contribution in [2.75, 3.05) is 13.1 Å². The van der Waals surface area contributed by atoms with Crippen molar-refractivity contribution in [1.29, 1.82) is 0 Å². The molecule has 4 heteroatoms. The number of amides is 1. The van der Waals surface area contributed by atoms with Gasteiger partial charge in [-0.05, 0) is 33.7 Å². The highest BCUT2D eigenvalue weighted by atomic mass is 16.7. The van der Waals surface area contributed by atoms with E-state index in [2.05, 4.69) is 5.32 Å². The van der Waals surface area contributed by atoms with Gasteiger partial charge in [0.15, 0.2) is 0 Å². The molecular formula is C9H18N2O2. The highest BCUT2D eigenvalue weighted by Gasteiger charge is 2.25. The van der Waals surface area contributed by atoms with Crippen LogP contribution in [0.25, 0.3) is 0 Å². The summed E-state index contributed by atoms with van der Waals surface area (Å²) in [6, 6.07) is 0.191. The van der Waals surface area contributed by atoms with Crippen molar-refractivity contribution in [2.24, 2.45) is 0 Å². The first-order valence-corrected chi connectivity index (χ1v) is 4.66. The number of nitrogens with one attached hydrogen (secondary N) is 1. The Morgan fingerprint density at radius 2 is 2.23 bits per heavy atom. The van der Waals surface area contributed by atoms with Crippen LogP contribution < -0.4 is 5.32 Å². The summed E-state index contributed by atoms with van der Waals surface area (Å²) >= 11 is 0. The highest BCUT2D eigenvalue weighted by Crippen LogP contribution is 2.14. The lowest BCUT2D eigenvalue weighted by atomic mass is 10.2. The van der Waals surface area contributed by atoms with Crippen LogP contribution in [0, 0.1) is 0 Å². The summed E-state index contributed by atoms with van der Waals surface area (Å²) in [5.41, 5.74) is -0.302. The second-order valence-corrected chi connectivity index (χ2v) is 4.32. The van der Waals surface area contributed by atoms with Crippen molar-refractivity contribution in [3.8, 4) is 0 Å². The molecule has 1 aliphatic rings. The van der Waals surface area contributed by atoms with Crippen molar-refractivity contribution in [3.63, 3.8) is 0 Å². The van der Waals surface area contributed by atoms with Crippen molar-refractivity contribution < 1.29 is 9.63 Å². The summed E-state index contributed by atoms with van der Waals surface area (Å²) in [7, 11) is 0.